The molecule has 0 amide bonds. The summed E-state index contributed by atoms with van der Waals surface area (Å²) in [7, 11) is 0.759. The molecule has 2 aromatic rings. The molecule has 1 atom stereocenters. The van der Waals surface area contributed by atoms with Crippen molar-refractivity contribution >= 4 is 14.8 Å². The molecule has 2 aromatic carbocycles. The molecule has 156 valence electrons. The molecule has 1 aliphatic rings. The third kappa shape index (κ3) is 4.65. The highest BCUT2D eigenvalue weighted by Gasteiger charge is 2.32. The fourth-order valence-electron chi connectivity index (χ4n) is 4.09. The zero-order valence-electron chi connectivity index (χ0n) is 17.9. The number of quaternary nitrogens is 1. The second-order valence-electron chi connectivity index (χ2n) is 7.66. The quantitative estimate of drug-likeness (QED) is 0.374. The van der Waals surface area contributed by atoms with Crippen LogP contribution in [0.3, 0.4) is 0 Å². The van der Waals surface area contributed by atoms with Crippen LogP contribution in [0.2, 0.25) is 0 Å². The van der Waals surface area contributed by atoms with Gasteiger partial charge >= 0.3 is 0 Å². The molecular formula is C24H32NO3P. The zero-order chi connectivity index (χ0) is 20.9. The Hall–Kier alpha value is -1.90. The summed E-state index contributed by atoms with van der Waals surface area (Å²) >= 11 is 0. The number of ether oxygens (including phenoxy) is 1. The number of nitrogens with zero attached hydrogens (tertiary/aromatic N) is 1. The van der Waals surface area contributed by atoms with Crippen molar-refractivity contribution in [2.75, 3.05) is 26.2 Å². The standard InChI is InChI=1S/C24H32NO3P/c1-5-18(17-25(6-2,7-3)8-4)29-28-24(26)23-19-13-9-11-15-21(19)27-22-16-12-10-14-20(22)23/h9-16,18,23H,5-8,17H2,1-4H3. The van der Waals surface area contributed by atoms with Crippen molar-refractivity contribution in [1.29, 1.82) is 0 Å². The third-order valence-corrected chi connectivity index (χ3v) is 7.40. The average Bonchev–Trinajstić information content (AvgIpc) is 2.78. The topological polar surface area (TPSA) is 35.5 Å². The fourth-order valence-corrected chi connectivity index (χ4v) is 5.01. The maximum Gasteiger partial charge on any atom is 0.286 e. The molecule has 5 heteroatoms. The summed E-state index contributed by atoms with van der Waals surface area (Å²) in [6.07, 6.45) is 0.996. The molecule has 29 heavy (non-hydrogen) atoms. The number of carbonyl (C=O) groups excluding carboxylic acids is 1. The molecule has 0 bridgehead atoms. The van der Waals surface area contributed by atoms with Crippen molar-refractivity contribution in [1.82, 2.24) is 0 Å². The van der Waals surface area contributed by atoms with Gasteiger partial charge in [0.2, 0.25) is 0 Å². The number of fused-ring (bicyclic) bond motifs is 2. The third-order valence-electron chi connectivity index (χ3n) is 6.29. The summed E-state index contributed by atoms with van der Waals surface area (Å²) in [6.45, 7) is 13.3. The van der Waals surface area contributed by atoms with E-state index in [0.29, 0.717) is 5.66 Å². The predicted molar refractivity (Wildman–Crippen MR) is 119 cm³/mol. The number of rotatable bonds is 9. The Kier molecular flexibility index (Phi) is 7.32. The molecule has 1 heterocycles. The molecule has 0 saturated heterocycles. The SMILES string of the molecule is CCC(C[N+](CC)(CC)CC)[P-]OC(=O)C1c2ccccc2Oc2ccccc21. The van der Waals surface area contributed by atoms with Gasteiger partial charge in [0.1, 0.15) is 17.4 Å². The Morgan fingerprint density at radius 2 is 1.48 bits per heavy atom. The number of hydrogen-bond donors (Lipinski definition) is 0. The Bertz CT molecular complexity index is 781. The van der Waals surface area contributed by atoms with Gasteiger partial charge in [-0.1, -0.05) is 55.4 Å². The van der Waals surface area contributed by atoms with E-state index in [-0.39, 0.29) is 5.97 Å². The van der Waals surface area contributed by atoms with Gasteiger partial charge < -0.3 is 22.6 Å². The first kappa shape index (κ1) is 21.8. The first-order chi connectivity index (χ1) is 14.1. The Balaban J connectivity index is 1.77. The molecule has 0 aromatic heterocycles. The molecule has 1 aliphatic heterocycles. The van der Waals surface area contributed by atoms with Crippen molar-refractivity contribution in [3.8, 4) is 11.5 Å². The van der Waals surface area contributed by atoms with Crippen molar-refractivity contribution in [3.63, 3.8) is 0 Å². The minimum atomic E-state index is -0.441. The predicted octanol–water partition coefficient (Wildman–Crippen LogP) is 5.98. The Morgan fingerprint density at radius 1 is 0.966 bits per heavy atom. The monoisotopic (exact) mass is 413 g/mol. The highest BCUT2D eigenvalue weighted by atomic mass is 31.1. The molecular weight excluding hydrogens is 381 g/mol. The number of hydrogen-bond acceptors (Lipinski definition) is 3. The maximum absolute atomic E-state index is 13.2. The molecule has 0 saturated carbocycles. The fraction of sp³-hybridized carbons (Fsp3) is 0.458. The summed E-state index contributed by atoms with van der Waals surface area (Å²) in [4.78, 5) is 13.2. The van der Waals surface area contributed by atoms with E-state index in [0.717, 1.165) is 68.5 Å². The van der Waals surface area contributed by atoms with Crippen LogP contribution in [-0.4, -0.2) is 42.3 Å². The van der Waals surface area contributed by atoms with Gasteiger partial charge in [0.25, 0.3) is 5.97 Å². The molecule has 0 aliphatic carbocycles. The molecule has 0 fully saturated rings. The lowest BCUT2D eigenvalue weighted by atomic mass is 9.88. The molecule has 1 unspecified atom stereocenters. The summed E-state index contributed by atoms with van der Waals surface area (Å²) in [5.74, 6) is 0.825. The second-order valence-corrected chi connectivity index (χ2v) is 8.79. The average molecular weight is 413 g/mol. The maximum atomic E-state index is 13.2. The second kappa shape index (κ2) is 9.73. The van der Waals surface area contributed by atoms with Crippen molar-refractivity contribution in [2.24, 2.45) is 0 Å². The van der Waals surface area contributed by atoms with Crippen LogP contribution in [0.25, 0.3) is 0 Å². The normalized spacial score (nSPS) is 14.9. The van der Waals surface area contributed by atoms with E-state index >= 15 is 0 Å². The molecule has 0 N–H and O–H groups in total. The zero-order valence-corrected chi connectivity index (χ0v) is 18.8. The summed E-state index contributed by atoms with van der Waals surface area (Å²) in [5, 5.41) is 0. The van der Waals surface area contributed by atoms with Crippen LogP contribution in [0.5, 0.6) is 11.5 Å². The van der Waals surface area contributed by atoms with Crippen LogP contribution < -0.4 is 4.74 Å². The lowest BCUT2D eigenvalue weighted by Gasteiger charge is -2.42. The van der Waals surface area contributed by atoms with Crippen LogP contribution in [0.15, 0.2) is 48.5 Å². The van der Waals surface area contributed by atoms with Gasteiger partial charge in [-0.2, -0.15) is 0 Å². The van der Waals surface area contributed by atoms with Crippen LogP contribution in [0, 0.1) is 0 Å². The van der Waals surface area contributed by atoms with E-state index < -0.39 is 5.92 Å². The largest absolute Gasteiger partial charge is 0.644 e. The highest BCUT2D eigenvalue weighted by molar-refractivity contribution is 7.33. The van der Waals surface area contributed by atoms with Gasteiger partial charge in [0.05, 0.1) is 26.2 Å². The summed E-state index contributed by atoms with van der Waals surface area (Å²) in [5.41, 5.74) is 2.09. The lowest BCUT2D eigenvalue weighted by molar-refractivity contribution is -0.922. The van der Waals surface area contributed by atoms with E-state index in [1.165, 1.54) is 0 Å². The van der Waals surface area contributed by atoms with Crippen LogP contribution in [0.4, 0.5) is 0 Å². The highest BCUT2D eigenvalue weighted by Crippen LogP contribution is 2.45. The van der Waals surface area contributed by atoms with Crippen molar-refractivity contribution in [3.05, 3.63) is 59.7 Å². The minimum absolute atomic E-state index is 0.198. The molecule has 0 spiro atoms. The summed E-state index contributed by atoms with van der Waals surface area (Å²) < 4.78 is 13.0. The number of para-hydroxylation sites is 2. The summed E-state index contributed by atoms with van der Waals surface area (Å²) in [6, 6.07) is 15.5. The lowest BCUT2D eigenvalue weighted by Crippen LogP contribution is -2.51. The van der Waals surface area contributed by atoms with E-state index in [4.69, 9.17) is 9.26 Å². The van der Waals surface area contributed by atoms with E-state index in [2.05, 4.69) is 27.7 Å². The molecule has 0 radical (unpaired) electrons. The number of carbonyl (C=O) groups is 1. The Labute approximate surface area is 176 Å². The van der Waals surface area contributed by atoms with Gasteiger partial charge in [-0.05, 0) is 32.9 Å². The Morgan fingerprint density at radius 3 is 1.97 bits per heavy atom. The van der Waals surface area contributed by atoms with Crippen LogP contribution >= 0.6 is 8.81 Å². The van der Waals surface area contributed by atoms with Gasteiger partial charge in [-0.25, -0.2) is 0 Å². The van der Waals surface area contributed by atoms with Gasteiger partial charge in [-0.3, -0.25) is 4.79 Å². The van der Waals surface area contributed by atoms with Crippen LogP contribution in [-0.2, 0) is 9.32 Å². The number of benzene rings is 2. The van der Waals surface area contributed by atoms with Crippen LogP contribution in [0.1, 0.15) is 51.2 Å². The van der Waals surface area contributed by atoms with Crippen molar-refractivity contribution in [2.45, 2.75) is 45.7 Å². The molecule has 4 nitrogen and oxygen atoms in total. The minimum Gasteiger partial charge on any atom is -0.644 e. The first-order valence-electron chi connectivity index (χ1n) is 10.7. The molecule has 3 rings (SSSR count). The van der Waals surface area contributed by atoms with Gasteiger partial charge in [0, 0.05) is 11.1 Å². The first-order valence-corrected chi connectivity index (χ1v) is 11.6. The smallest absolute Gasteiger partial charge is 0.286 e. The van der Waals surface area contributed by atoms with Gasteiger partial charge in [0.15, 0.2) is 0 Å². The van der Waals surface area contributed by atoms with Crippen molar-refractivity contribution < 1.29 is 18.5 Å². The van der Waals surface area contributed by atoms with Gasteiger partial charge in [-0.15, -0.1) is 0 Å². The van der Waals surface area contributed by atoms with E-state index in [1.807, 2.05) is 48.5 Å². The van der Waals surface area contributed by atoms with E-state index in [9.17, 15) is 4.79 Å². The van der Waals surface area contributed by atoms with E-state index in [1.54, 1.807) is 0 Å².